The van der Waals surface area contributed by atoms with Crippen LogP contribution in [-0.4, -0.2) is 18.1 Å². The number of hydrogen-bond acceptors (Lipinski definition) is 2. The Hall–Kier alpha value is -1.41. The summed E-state index contributed by atoms with van der Waals surface area (Å²) >= 11 is 0. The minimum Gasteiger partial charge on any atom is -0.317 e. The molecule has 18 heavy (non-hydrogen) atoms. The van der Waals surface area contributed by atoms with Crippen molar-refractivity contribution < 1.29 is 0 Å². The molecular formula is C16H20N2. The average Bonchev–Trinajstić information content (AvgIpc) is 3.24. The van der Waals surface area contributed by atoms with Crippen LogP contribution in [0, 0.1) is 5.92 Å². The van der Waals surface area contributed by atoms with Gasteiger partial charge < -0.3 is 5.32 Å². The fourth-order valence-corrected chi connectivity index (χ4v) is 2.81. The van der Waals surface area contributed by atoms with E-state index in [1.54, 1.807) is 0 Å². The smallest absolute Gasteiger partial charge is 0.0704 e. The SMILES string of the molecule is CNC(CCc1cccc2ncccc12)C1CC1. The molecule has 1 fully saturated rings. The molecule has 0 saturated heterocycles. The predicted octanol–water partition coefficient (Wildman–Crippen LogP) is 3.17. The Bertz CT molecular complexity index is 526. The van der Waals surface area contributed by atoms with Gasteiger partial charge in [0.05, 0.1) is 5.52 Å². The van der Waals surface area contributed by atoms with Crippen molar-refractivity contribution in [3.05, 3.63) is 42.1 Å². The molecule has 3 rings (SSSR count). The maximum Gasteiger partial charge on any atom is 0.0704 e. The van der Waals surface area contributed by atoms with Crippen molar-refractivity contribution in [2.75, 3.05) is 7.05 Å². The van der Waals surface area contributed by atoms with E-state index in [0.717, 1.165) is 17.9 Å². The third-order valence-electron chi connectivity index (χ3n) is 4.02. The Morgan fingerprint density at radius 1 is 1.28 bits per heavy atom. The summed E-state index contributed by atoms with van der Waals surface area (Å²) in [7, 11) is 2.09. The number of aryl methyl sites for hydroxylation is 1. The standard InChI is InChI=1S/C16H20N2/c1-17-15(13-7-8-13)10-9-12-4-2-6-16-14(12)5-3-11-18-16/h2-6,11,13,15,17H,7-10H2,1H3. The van der Waals surface area contributed by atoms with Crippen molar-refractivity contribution in [3.63, 3.8) is 0 Å². The highest BCUT2D eigenvalue weighted by molar-refractivity contribution is 5.81. The summed E-state index contributed by atoms with van der Waals surface area (Å²) in [5.74, 6) is 0.920. The van der Waals surface area contributed by atoms with Crippen LogP contribution in [-0.2, 0) is 6.42 Å². The average molecular weight is 240 g/mol. The van der Waals surface area contributed by atoms with Crippen LogP contribution in [0.15, 0.2) is 36.5 Å². The van der Waals surface area contributed by atoms with E-state index in [-0.39, 0.29) is 0 Å². The van der Waals surface area contributed by atoms with E-state index >= 15 is 0 Å². The van der Waals surface area contributed by atoms with E-state index < -0.39 is 0 Å². The molecule has 1 aromatic heterocycles. The second kappa shape index (κ2) is 5.07. The third-order valence-corrected chi connectivity index (χ3v) is 4.02. The Balaban J connectivity index is 1.77. The highest BCUT2D eigenvalue weighted by Gasteiger charge is 2.29. The lowest BCUT2D eigenvalue weighted by atomic mass is 9.99. The first-order chi connectivity index (χ1) is 8.88. The Kier molecular flexibility index (Phi) is 3.28. The molecule has 2 nitrogen and oxygen atoms in total. The lowest BCUT2D eigenvalue weighted by Crippen LogP contribution is -2.27. The van der Waals surface area contributed by atoms with E-state index in [2.05, 4.69) is 41.6 Å². The van der Waals surface area contributed by atoms with Gasteiger partial charge in [-0.1, -0.05) is 18.2 Å². The molecule has 1 N–H and O–H groups in total. The Morgan fingerprint density at radius 2 is 2.17 bits per heavy atom. The second-order valence-corrected chi connectivity index (χ2v) is 5.26. The number of fused-ring (bicyclic) bond motifs is 1. The number of pyridine rings is 1. The van der Waals surface area contributed by atoms with Crippen molar-refractivity contribution in [1.82, 2.24) is 10.3 Å². The summed E-state index contributed by atoms with van der Waals surface area (Å²) in [6, 6.07) is 11.4. The van der Waals surface area contributed by atoms with Gasteiger partial charge in [0.15, 0.2) is 0 Å². The van der Waals surface area contributed by atoms with Gasteiger partial charge in [-0.2, -0.15) is 0 Å². The summed E-state index contributed by atoms with van der Waals surface area (Å²) in [5.41, 5.74) is 2.55. The fourth-order valence-electron chi connectivity index (χ4n) is 2.81. The van der Waals surface area contributed by atoms with Gasteiger partial charge in [-0.15, -0.1) is 0 Å². The molecule has 1 heterocycles. The van der Waals surface area contributed by atoms with E-state index in [9.17, 15) is 0 Å². The summed E-state index contributed by atoms with van der Waals surface area (Å²) in [6.45, 7) is 0. The van der Waals surface area contributed by atoms with Gasteiger partial charge in [0.25, 0.3) is 0 Å². The molecule has 2 aromatic rings. The molecule has 94 valence electrons. The second-order valence-electron chi connectivity index (χ2n) is 5.26. The van der Waals surface area contributed by atoms with E-state index in [1.165, 1.54) is 30.2 Å². The van der Waals surface area contributed by atoms with Crippen molar-refractivity contribution in [3.8, 4) is 0 Å². The molecule has 1 unspecified atom stereocenters. The number of nitrogens with zero attached hydrogens (tertiary/aromatic N) is 1. The molecule has 0 amide bonds. The van der Waals surface area contributed by atoms with Gasteiger partial charge in [0, 0.05) is 17.6 Å². The Morgan fingerprint density at radius 3 is 2.94 bits per heavy atom. The minimum atomic E-state index is 0.692. The molecule has 1 aliphatic rings. The summed E-state index contributed by atoms with van der Waals surface area (Å²) in [6.07, 6.45) is 7.05. The number of benzene rings is 1. The molecule has 1 atom stereocenters. The van der Waals surface area contributed by atoms with E-state index in [4.69, 9.17) is 0 Å². The molecule has 1 aromatic carbocycles. The van der Waals surface area contributed by atoms with Gasteiger partial charge in [-0.25, -0.2) is 0 Å². The van der Waals surface area contributed by atoms with Crippen molar-refractivity contribution in [1.29, 1.82) is 0 Å². The first kappa shape index (κ1) is 11.7. The zero-order chi connectivity index (χ0) is 12.4. The Labute approximate surface area is 108 Å². The van der Waals surface area contributed by atoms with Crippen molar-refractivity contribution in [2.45, 2.75) is 31.7 Å². The van der Waals surface area contributed by atoms with Gasteiger partial charge >= 0.3 is 0 Å². The van der Waals surface area contributed by atoms with Crippen LogP contribution in [0.5, 0.6) is 0 Å². The molecule has 0 bridgehead atoms. The van der Waals surface area contributed by atoms with E-state index in [1.807, 2.05) is 12.3 Å². The highest BCUT2D eigenvalue weighted by atomic mass is 14.9. The lowest BCUT2D eigenvalue weighted by molar-refractivity contribution is 0.471. The molecular weight excluding hydrogens is 220 g/mol. The van der Waals surface area contributed by atoms with Crippen LogP contribution >= 0.6 is 0 Å². The number of nitrogens with one attached hydrogen (secondary N) is 1. The van der Waals surface area contributed by atoms with Gasteiger partial charge in [0.1, 0.15) is 0 Å². The van der Waals surface area contributed by atoms with Gasteiger partial charge in [-0.05, 0) is 56.3 Å². The lowest BCUT2D eigenvalue weighted by Gasteiger charge is -2.15. The first-order valence-electron chi connectivity index (χ1n) is 6.88. The monoisotopic (exact) mass is 240 g/mol. The minimum absolute atomic E-state index is 0.692. The van der Waals surface area contributed by atoms with Crippen molar-refractivity contribution >= 4 is 10.9 Å². The molecule has 1 aliphatic carbocycles. The fraction of sp³-hybridized carbons (Fsp3) is 0.438. The topological polar surface area (TPSA) is 24.9 Å². The summed E-state index contributed by atoms with van der Waals surface area (Å²) < 4.78 is 0. The first-order valence-corrected chi connectivity index (χ1v) is 6.88. The van der Waals surface area contributed by atoms with Crippen LogP contribution in [0.3, 0.4) is 0 Å². The normalized spacial score (nSPS) is 16.9. The van der Waals surface area contributed by atoms with Crippen LogP contribution in [0.4, 0.5) is 0 Å². The number of rotatable bonds is 5. The summed E-state index contributed by atoms with van der Waals surface area (Å²) in [5, 5.41) is 4.78. The number of hydrogen-bond donors (Lipinski definition) is 1. The molecule has 0 aliphatic heterocycles. The van der Waals surface area contributed by atoms with Crippen LogP contribution in [0.2, 0.25) is 0 Å². The molecule has 1 saturated carbocycles. The number of aromatic nitrogens is 1. The van der Waals surface area contributed by atoms with Gasteiger partial charge in [-0.3, -0.25) is 4.98 Å². The highest BCUT2D eigenvalue weighted by Crippen LogP contribution is 2.34. The zero-order valence-electron chi connectivity index (χ0n) is 10.9. The maximum absolute atomic E-state index is 4.42. The maximum atomic E-state index is 4.42. The van der Waals surface area contributed by atoms with Crippen LogP contribution in [0.25, 0.3) is 10.9 Å². The third kappa shape index (κ3) is 2.39. The van der Waals surface area contributed by atoms with Crippen LogP contribution in [0.1, 0.15) is 24.8 Å². The molecule has 2 heteroatoms. The largest absolute Gasteiger partial charge is 0.317 e. The van der Waals surface area contributed by atoms with E-state index in [0.29, 0.717) is 6.04 Å². The molecule has 0 radical (unpaired) electrons. The predicted molar refractivity (Wildman–Crippen MR) is 75.6 cm³/mol. The van der Waals surface area contributed by atoms with Gasteiger partial charge in [0.2, 0.25) is 0 Å². The van der Waals surface area contributed by atoms with Crippen molar-refractivity contribution in [2.24, 2.45) is 5.92 Å². The van der Waals surface area contributed by atoms with Crippen LogP contribution < -0.4 is 5.32 Å². The summed E-state index contributed by atoms with van der Waals surface area (Å²) in [4.78, 5) is 4.42. The quantitative estimate of drug-likeness (QED) is 0.868. The zero-order valence-corrected chi connectivity index (χ0v) is 10.9. The molecule has 0 spiro atoms.